The second-order valence-corrected chi connectivity index (χ2v) is 5.87. The van der Waals surface area contributed by atoms with Crippen molar-refractivity contribution in [2.24, 2.45) is 0 Å². The molecular formula is C17H21BrO2. The van der Waals surface area contributed by atoms with E-state index in [1.165, 1.54) is 5.56 Å². The van der Waals surface area contributed by atoms with Crippen LogP contribution in [-0.4, -0.2) is 18.5 Å². The van der Waals surface area contributed by atoms with E-state index in [1.807, 2.05) is 12.1 Å². The first-order chi connectivity index (χ1) is 9.65. The minimum atomic E-state index is 0.213. The van der Waals surface area contributed by atoms with E-state index in [-0.39, 0.29) is 6.10 Å². The van der Waals surface area contributed by atoms with Crippen molar-refractivity contribution in [2.75, 3.05) is 12.4 Å². The Morgan fingerprint density at radius 3 is 2.55 bits per heavy atom. The second-order valence-electron chi connectivity index (χ2n) is 5.07. The fourth-order valence-corrected chi connectivity index (χ4v) is 2.65. The van der Waals surface area contributed by atoms with Gasteiger partial charge in [0, 0.05) is 16.1 Å². The number of ether oxygens (including phenoxy) is 2. The molecule has 2 aromatic rings. The molecule has 0 aliphatic rings. The van der Waals surface area contributed by atoms with Crippen LogP contribution < -0.4 is 9.47 Å². The van der Waals surface area contributed by atoms with E-state index in [0.717, 1.165) is 40.4 Å². The molecule has 0 saturated carbocycles. The molecular weight excluding hydrogens is 316 g/mol. The van der Waals surface area contributed by atoms with Crippen molar-refractivity contribution in [3.05, 3.63) is 35.9 Å². The van der Waals surface area contributed by atoms with Gasteiger partial charge < -0.3 is 9.47 Å². The number of alkyl halides is 1. The number of rotatable bonds is 6. The summed E-state index contributed by atoms with van der Waals surface area (Å²) in [7, 11) is 1.70. The zero-order valence-electron chi connectivity index (χ0n) is 12.3. The molecule has 108 valence electrons. The van der Waals surface area contributed by atoms with Gasteiger partial charge in [0.1, 0.15) is 11.5 Å². The molecule has 2 aromatic carbocycles. The molecule has 0 fully saturated rings. The van der Waals surface area contributed by atoms with E-state index < -0.39 is 0 Å². The van der Waals surface area contributed by atoms with Crippen LogP contribution in [0.3, 0.4) is 0 Å². The summed E-state index contributed by atoms with van der Waals surface area (Å²) < 4.78 is 11.5. The lowest BCUT2D eigenvalue weighted by molar-refractivity contribution is 0.213. The SMILES string of the molecule is COc1ccc(OC(C)CCCBr)c2cc(C)ccc12. The highest BCUT2D eigenvalue weighted by Gasteiger charge is 2.10. The fraction of sp³-hybridized carbons (Fsp3) is 0.412. The lowest BCUT2D eigenvalue weighted by atomic mass is 10.1. The average molecular weight is 337 g/mol. The predicted molar refractivity (Wildman–Crippen MR) is 88.4 cm³/mol. The zero-order chi connectivity index (χ0) is 14.5. The number of hydrogen-bond donors (Lipinski definition) is 0. The highest BCUT2D eigenvalue weighted by molar-refractivity contribution is 9.09. The molecule has 3 heteroatoms. The van der Waals surface area contributed by atoms with Crippen LogP contribution in [0.2, 0.25) is 0 Å². The molecule has 2 nitrogen and oxygen atoms in total. The molecule has 1 atom stereocenters. The molecule has 0 saturated heterocycles. The highest BCUT2D eigenvalue weighted by Crippen LogP contribution is 2.34. The monoisotopic (exact) mass is 336 g/mol. The number of methoxy groups -OCH3 is 1. The van der Waals surface area contributed by atoms with E-state index >= 15 is 0 Å². The van der Waals surface area contributed by atoms with Crippen molar-refractivity contribution in [3.8, 4) is 11.5 Å². The van der Waals surface area contributed by atoms with E-state index in [9.17, 15) is 0 Å². The van der Waals surface area contributed by atoms with Gasteiger partial charge in [-0.25, -0.2) is 0 Å². The quantitative estimate of drug-likeness (QED) is 0.683. The normalized spacial score (nSPS) is 12.4. The Balaban J connectivity index is 2.36. The molecule has 0 spiro atoms. The maximum atomic E-state index is 6.11. The molecule has 0 aliphatic carbocycles. The highest BCUT2D eigenvalue weighted by atomic mass is 79.9. The van der Waals surface area contributed by atoms with Crippen LogP contribution in [0.5, 0.6) is 11.5 Å². The molecule has 2 rings (SSSR count). The van der Waals surface area contributed by atoms with Gasteiger partial charge in [-0.15, -0.1) is 0 Å². The molecule has 1 unspecified atom stereocenters. The van der Waals surface area contributed by atoms with Crippen LogP contribution in [-0.2, 0) is 0 Å². The lowest BCUT2D eigenvalue weighted by Crippen LogP contribution is -2.12. The van der Waals surface area contributed by atoms with Gasteiger partial charge in [0.25, 0.3) is 0 Å². The summed E-state index contributed by atoms with van der Waals surface area (Å²) in [5.74, 6) is 1.83. The minimum absolute atomic E-state index is 0.213. The van der Waals surface area contributed by atoms with Crippen molar-refractivity contribution in [1.29, 1.82) is 0 Å². The fourth-order valence-electron chi connectivity index (χ4n) is 2.33. The van der Waals surface area contributed by atoms with E-state index in [1.54, 1.807) is 7.11 Å². The van der Waals surface area contributed by atoms with Gasteiger partial charge in [-0.1, -0.05) is 33.6 Å². The minimum Gasteiger partial charge on any atom is -0.496 e. The van der Waals surface area contributed by atoms with Crippen molar-refractivity contribution in [2.45, 2.75) is 32.8 Å². The van der Waals surface area contributed by atoms with Gasteiger partial charge in [0.05, 0.1) is 13.2 Å². The van der Waals surface area contributed by atoms with Gasteiger partial charge in [-0.3, -0.25) is 0 Å². The molecule has 0 bridgehead atoms. The Labute approximate surface area is 129 Å². The number of fused-ring (bicyclic) bond motifs is 1. The number of benzene rings is 2. The van der Waals surface area contributed by atoms with Crippen molar-refractivity contribution in [1.82, 2.24) is 0 Å². The molecule has 0 aromatic heterocycles. The third-order valence-corrected chi connectivity index (χ3v) is 3.95. The van der Waals surface area contributed by atoms with Crippen molar-refractivity contribution in [3.63, 3.8) is 0 Å². The first kappa shape index (κ1) is 15.2. The molecule has 20 heavy (non-hydrogen) atoms. The Bertz CT molecular complexity index is 580. The average Bonchev–Trinajstić information content (AvgIpc) is 2.45. The van der Waals surface area contributed by atoms with Crippen LogP contribution in [0, 0.1) is 6.92 Å². The molecule has 0 heterocycles. The first-order valence-electron chi connectivity index (χ1n) is 6.95. The third kappa shape index (κ3) is 3.45. The van der Waals surface area contributed by atoms with Crippen LogP contribution in [0.25, 0.3) is 10.8 Å². The van der Waals surface area contributed by atoms with Crippen LogP contribution in [0.15, 0.2) is 30.3 Å². The van der Waals surface area contributed by atoms with Crippen molar-refractivity contribution < 1.29 is 9.47 Å². The second kappa shape index (κ2) is 6.98. The summed E-state index contributed by atoms with van der Waals surface area (Å²) >= 11 is 3.46. The Kier molecular flexibility index (Phi) is 5.30. The van der Waals surface area contributed by atoms with Gasteiger partial charge in [-0.2, -0.15) is 0 Å². The summed E-state index contributed by atoms with van der Waals surface area (Å²) in [6, 6.07) is 10.3. The van der Waals surface area contributed by atoms with E-state index in [2.05, 4.69) is 48.0 Å². The summed E-state index contributed by atoms with van der Waals surface area (Å²) in [6.07, 6.45) is 2.38. The molecule has 0 N–H and O–H groups in total. The van der Waals surface area contributed by atoms with Gasteiger partial charge in [-0.05, 0) is 44.9 Å². The standard InChI is InChI=1S/C17H21BrO2/c1-12-6-7-14-15(11-12)17(9-8-16(14)19-3)20-13(2)5-4-10-18/h6-9,11,13H,4-5,10H2,1-3H3. The van der Waals surface area contributed by atoms with Gasteiger partial charge in [0.15, 0.2) is 0 Å². The topological polar surface area (TPSA) is 18.5 Å². The smallest absolute Gasteiger partial charge is 0.127 e. The van der Waals surface area contributed by atoms with Gasteiger partial charge in [0.2, 0.25) is 0 Å². The first-order valence-corrected chi connectivity index (χ1v) is 8.08. The largest absolute Gasteiger partial charge is 0.496 e. The third-order valence-electron chi connectivity index (χ3n) is 3.38. The molecule has 0 amide bonds. The number of aryl methyl sites for hydroxylation is 1. The Morgan fingerprint density at radius 2 is 1.85 bits per heavy atom. The summed E-state index contributed by atoms with van der Waals surface area (Å²) in [5, 5.41) is 3.24. The summed E-state index contributed by atoms with van der Waals surface area (Å²) in [6.45, 7) is 4.21. The van der Waals surface area contributed by atoms with Crippen LogP contribution in [0.1, 0.15) is 25.3 Å². The Hall–Kier alpha value is -1.22. The van der Waals surface area contributed by atoms with Crippen LogP contribution in [0.4, 0.5) is 0 Å². The molecule has 0 radical (unpaired) electrons. The maximum absolute atomic E-state index is 6.11. The predicted octanol–water partition coefficient (Wildman–Crippen LogP) is 5.10. The van der Waals surface area contributed by atoms with E-state index in [0.29, 0.717) is 0 Å². The maximum Gasteiger partial charge on any atom is 0.127 e. The van der Waals surface area contributed by atoms with Crippen LogP contribution >= 0.6 is 15.9 Å². The molecule has 0 aliphatic heterocycles. The summed E-state index contributed by atoms with van der Waals surface area (Å²) in [5.41, 5.74) is 1.23. The Morgan fingerprint density at radius 1 is 1.10 bits per heavy atom. The van der Waals surface area contributed by atoms with E-state index in [4.69, 9.17) is 9.47 Å². The number of hydrogen-bond acceptors (Lipinski definition) is 2. The summed E-state index contributed by atoms with van der Waals surface area (Å²) in [4.78, 5) is 0. The number of halogens is 1. The lowest BCUT2D eigenvalue weighted by Gasteiger charge is -2.17. The zero-order valence-corrected chi connectivity index (χ0v) is 13.9. The van der Waals surface area contributed by atoms with Gasteiger partial charge >= 0.3 is 0 Å². The van der Waals surface area contributed by atoms with Crippen molar-refractivity contribution >= 4 is 26.7 Å².